The van der Waals surface area contributed by atoms with Crippen LogP contribution < -0.4 is 0 Å². The van der Waals surface area contributed by atoms with Gasteiger partial charge in [0.15, 0.2) is 0 Å². The molecule has 0 aromatic heterocycles. The summed E-state index contributed by atoms with van der Waals surface area (Å²) in [5, 5.41) is 0. The lowest BCUT2D eigenvalue weighted by Crippen LogP contribution is -2.23. The van der Waals surface area contributed by atoms with Crippen molar-refractivity contribution < 1.29 is 25.9 Å². The summed E-state index contributed by atoms with van der Waals surface area (Å²) in [6, 6.07) is 0. The first kappa shape index (κ1) is 14.4. The fourth-order valence-electron chi connectivity index (χ4n) is 0.154. The highest BCUT2D eigenvalue weighted by molar-refractivity contribution is 8.05. The summed E-state index contributed by atoms with van der Waals surface area (Å²) in [5.41, 5.74) is 0. The summed E-state index contributed by atoms with van der Waals surface area (Å²) in [6.07, 6.45) is 0. The fraction of sp³-hybridized carbons (Fsp3) is 0.333. The molecule has 9 heteroatoms. The van der Waals surface area contributed by atoms with Crippen LogP contribution in [0.15, 0.2) is 13.2 Å². The van der Waals surface area contributed by atoms with Gasteiger partial charge in [-0.25, -0.2) is 0 Å². The van der Waals surface area contributed by atoms with Gasteiger partial charge in [-0.15, -0.1) is 13.2 Å². The largest absolute Gasteiger partial charge is 0.299 e. The van der Waals surface area contributed by atoms with Gasteiger partial charge >= 0.3 is 0 Å². The first-order chi connectivity index (χ1) is 5.15. The zero-order chi connectivity index (χ0) is 10.6. The number of rotatable bonds is 2. The van der Waals surface area contributed by atoms with Gasteiger partial charge < -0.3 is 0 Å². The molecular formula is C3H7ClO6S2. The Bertz CT molecular complexity index is 283. The maximum atomic E-state index is 9.86. The van der Waals surface area contributed by atoms with Gasteiger partial charge in [-0.05, 0) is 0 Å². The molecule has 0 heterocycles. The van der Waals surface area contributed by atoms with E-state index >= 15 is 0 Å². The molecule has 2 N–H and O–H groups in total. The lowest BCUT2D eigenvalue weighted by molar-refractivity contribution is 0.467. The van der Waals surface area contributed by atoms with Crippen molar-refractivity contribution in [2.24, 2.45) is 0 Å². The first-order valence-corrected chi connectivity index (χ1v) is 5.66. The Kier molecular flexibility index (Phi) is 5.72. The zero-order valence-corrected chi connectivity index (χ0v) is 8.10. The van der Waals surface area contributed by atoms with Crippen LogP contribution in [-0.4, -0.2) is 30.0 Å². The molecule has 0 saturated carbocycles. The minimum absolute atomic E-state index is 2.71. The number of hydrogen-bond acceptors (Lipinski definition) is 4. The van der Waals surface area contributed by atoms with Gasteiger partial charge in [-0.1, -0.05) is 11.6 Å². The molecule has 0 aromatic carbocycles. The predicted molar refractivity (Wildman–Crippen MR) is 44.0 cm³/mol. The van der Waals surface area contributed by atoms with E-state index in [0.29, 0.717) is 0 Å². The average molecular weight is 239 g/mol. The third kappa shape index (κ3) is 5.49. The molecule has 0 amide bonds. The minimum atomic E-state index is -4.93. The second-order valence-electron chi connectivity index (χ2n) is 1.30. The summed E-state index contributed by atoms with van der Waals surface area (Å²) < 4.78 is 52.6. The van der Waals surface area contributed by atoms with Crippen LogP contribution in [0.25, 0.3) is 0 Å². The highest BCUT2D eigenvalue weighted by Crippen LogP contribution is 2.10. The fourth-order valence-corrected chi connectivity index (χ4v) is 1.38. The van der Waals surface area contributed by atoms with Gasteiger partial charge in [0, 0.05) is 0 Å². The molecular weight excluding hydrogens is 232 g/mol. The number of halogens is 1. The van der Waals surface area contributed by atoms with Crippen LogP contribution in [0.3, 0.4) is 0 Å². The van der Waals surface area contributed by atoms with E-state index in [9.17, 15) is 16.8 Å². The minimum Gasteiger partial charge on any atom is -0.284 e. The summed E-state index contributed by atoms with van der Waals surface area (Å²) in [7, 11) is -9.87. The van der Waals surface area contributed by atoms with E-state index < -0.39 is 24.3 Å². The molecule has 0 aromatic rings. The summed E-state index contributed by atoms with van der Waals surface area (Å²) >= 11 is 4.56. The van der Waals surface area contributed by atoms with Gasteiger partial charge in [0.25, 0.3) is 24.3 Å². The molecule has 6 nitrogen and oxygen atoms in total. The van der Waals surface area contributed by atoms with E-state index in [-0.39, 0.29) is 0 Å². The third-order valence-corrected chi connectivity index (χ3v) is 4.22. The highest BCUT2D eigenvalue weighted by Gasteiger charge is 2.32. The Balaban J connectivity index is 0. The number of alkyl halides is 1. The van der Waals surface area contributed by atoms with Crippen LogP contribution in [0.5, 0.6) is 0 Å². The van der Waals surface area contributed by atoms with Crippen molar-refractivity contribution in [1.29, 1.82) is 0 Å². The quantitative estimate of drug-likeness (QED) is 0.401. The zero-order valence-electron chi connectivity index (χ0n) is 5.71. The lowest BCUT2D eigenvalue weighted by atomic mass is 11.3. The highest BCUT2D eigenvalue weighted by atomic mass is 35.5. The van der Waals surface area contributed by atoms with Crippen molar-refractivity contribution >= 4 is 31.8 Å². The van der Waals surface area contributed by atoms with Crippen molar-refractivity contribution in [1.82, 2.24) is 0 Å². The Morgan fingerprint density at radius 1 is 1.00 bits per heavy atom. The van der Waals surface area contributed by atoms with Crippen molar-refractivity contribution in [3.8, 4) is 0 Å². The molecule has 0 unspecified atom stereocenters. The van der Waals surface area contributed by atoms with Crippen LogP contribution in [-0.2, 0) is 20.2 Å². The van der Waals surface area contributed by atoms with Crippen LogP contribution in [0, 0.1) is 0 Å². The Morgan fingerprint density at radius 2 is 1.17 bits per heavy atom. The molecule has 0 radical (unpaired) electrons. The standard InChI is InChI=1S/C2H4.CH3ClO6S2/c1-2;2-1(9(3,4)5)10(6,7)8/h1-2H2;1H,(H,3,4,5)(H,6,7,8). The van der Waals surface area contributed by atoms with Crippen LogP contribution >= 0.6 is 11.6 Å². The van der Waals surface area contributed by atoms with Gasteiger partial charge in [-0.2, -0.15) is 16.8 Å². The normalized spacial score (nSPS) is 12.0. The lowest BCUT2D eigenvalue weighted by Gasteiger charge is -1.99. The smallest absolute Gasteiger partial charge is 0.284 e. The van der Waals surface area contributed by atoms with Gasteiger partial charge in [0.2, 0.25) is 0 Å². The molecule has 0 saturated heterocycles. The molecule has 0 spiro atoms. The van der Waals surface area contributed by atoms with E-state index in [0.717, 1.165) is 0 Å². The van der Waals surface area contributed by atoms with E-state index in [1.165, 1.54) is 0 Å². The second kappa shape index (κ2) is 4.77. The van der Waals surface area contributed by atoms with Crippen LogP contribution in [0.2, 0.25) is 0 Å². The Hall–Kier alpha value is -0.150. The Labute approximate surface area is 75.3 Å². The van der Waals surface area contributed by atoms with Crippen molar-refractivity contribution in [2.75, 3.05) is 0 Å². The summed E-state index contributed by atoms with van der Waals surface area (Å²) in [5.74, 6) is 0. The molecule has 0 aliphatic rings. The van der Waals surface area contributed by atoms with Gasteiger partial charge in [0.05, 0.1) is 0 Å². The molecule has 0 atom stereocenters. The Morgan fingerprint density at radius 3 is 1.17 bits per heavy atom. The summed E-state index contributed by atoms with van der Waals surface area (Å²) in [6.45, 7) is 6.00. The molecule has 0 rings (SSSR count). The first-order valence-electron chi connectivity index (χ1n) is 2.22. The van der Waals surface area contributed by atoms with E-state index in [4.69, 9.17) is 9.11 Å². The van der Waals surface area contributed by atoms with Crippen molar-refractivity contribution in [3.63, 3.8) is 0 Å². The predicted octanol–water partition coefficient (Wildman–Crippen LogP) is 0.0866. The van der Waals surface area contributed by atoms with E-state index in [1.54, 1.807) is 0 Å². The van der Waals surface area contributed by atoms with Gasteiger partial charge in [0.1, 0.15) is 0 Å². The van der Waals surface area contributed by atoms with Crippen LogP contribution in [0.1, 0.15) is 0 Å². The molecule has 0 aliphatic heterocycles. The maximum Gasteiger partial charge on any atom is 0.299 e. The monoisotopic (exact) mass is 238 g/mol. The topological polar surface area (TPSA) is 109 Å². The van der Waals surface area contributed by atoms with E-state index in [1.807, 2.05) is 0 Å². The maximum absolute atomic E-state index is 9.86. The third-order valence-electron chi connectivity index (χ3n) is 0.468. The number of hydrogen-bond donors (Lipinski definition) is 2. The average Bonchev–Trinajstić information content (AvgIpc) is 1.87. The molecule has 0 bridgehead atoms. The van der Waals surface area contributed by atoms with Gasteiger partial charge in [-0.3, -0.25) is 9.11 Å². The van der Waals surface area contributed by atoms with Crippen molar-refractivity contribution in [2.45, 2.75) is 4.04 Å². The van der Waals surface area contributed by atoms with Crippen molar-refractivity contribution in [3.05, 3.63) is 13.2 Å². The van der Waals surface area contributed by atoms with Crippen LogP contribution in [0.4, 0.5) is 0 Å². The molecule has 12 heavy (non-hydrogen) atoms. The SMILES string of the molecule is C=C.O=S(=O)(O)C(Cl)S(=O)(=O)O. The second-order valence-corrected chi connectivity index (χ2v) is 5.56. The molecule has 0 aliphatic carbocycles. The molecule has 0 fully saturated rings. The van der Waals surface area contributed by atoms with E-state index in [2.05, 4.69) is 24.8 Å². The summed E-state index contributed by atoms with van der Waals surface area (Å²) in [4.78, 5) is 0. The molecule has 74 valence electrons.